The zero-order valence-electron chi connectivity index (χ0n) is 12.6. The fraction of sp³-hybridized carbons (Fsp3) is 0.286. The van der Waals surface area contributed by atoms with Gasteiger partial charge in [-0.25, -0.2) is 22.8 Å². The highest BCUT2D eigenvalue weighted by atomic mass is 32.2. The van der Waals surface area contributed by atoms with E-state index < -0.39 is 38.5 Å². The number of sulfonamides is 1. The Kier molecular flexibility index (Phi) is 4.90. The Hall–Kier alpha value is -2.07. The van der Waals surface area contributed by atoms with Crippen molar-refractivity contribution < 1.29 is 26.0 Å². The van der Waals surface area contributed by atoms with Crippen LogP contribution in [0.3, 0.4) is 0 Å². The first kappa shape index (κ1) is 18.3. The van der Waals surface area contributed by atoms with Gasteiger partial charge in [0.05, 0.1) is 12.4 Å². The molecule has 2 rings (SSSR count). The van der Waals surface area contributed by atoms with E-state index in [9.17, 15) is 26.0 Å². The van der Waals surface area contributed by atoms with Gasteiger partial charge < -0.3 is 0 Å². The van der Waals surface area contributed by atoms with Crippen LogP contribution in [0.4, 0.5) is 17.6 Å². The Bertz CT molecular complexity index is 805. The van der Waals surface area contributed by atoms with Gasteiger partial charge in [0.2, 0.25) is 10.0 Å². The largest absolute Gasteiger partial charge is 0.409 e. The summed E-state index contributed by atoms with van der Waals surface area (Å²) in [6.45, 7) is 1.51. The maximum Gasteiger partial charge on any atom is 0.409 e. The van der Waals surface area contributed by atoms with Crippen molar-refractivity contribution in [3.05, 3.63) is 53.9 Å². The molecule has 0 saturated carbocycles. The van der Waals surface area contributed by atoms with Crippen molar-refractivity contribution >= 4 is 10.0 Å². The molecule has 0 spiro atoms. The van der Waals surface area contributed by atoms with E-state index in [2.05, 4.69) is 9.97 Å². The summed E-state index contributed by atoms with van der Waals surface area (Å²) in [6.07, 6.45) is -3.02. The Balaban J connectivity index is 2.50. The number of benzene rings is 1. The maximum atomic E-state index is 13.4. The predicted molar refractivity (Wildman–Crippen MR) is 76.9 cm³/mol. The molecule has 0 aliphatic carbocycles. The second-order valence-corrected chi connectivity index (χ2v) is 6.98. The third kappa shape index (κ3) is 3.70. The van der Waals surface area contributed by atoms with Gasteiger partial charge in [-0.05, 0) is 24.6 Å². The summed E-state index contributed by atoms with van der Waals surface area (Å²) in [5.74, 6) is -0.445. The van der Waals surface area contributed by atoms with Crippen molar-refractivity contribution in [2.24, 2.45) is 0 Å². The van der Waals surface area contributed by atoms with Gasteiger partial charge in [-0.15, -0.1) is 0 Å². The molecule has 2 aromatic rings. The third-order valence-electron chi connectivity index (χ3n) is 3.29. The highest BCUT2D eigenvalue weighted by molar-refractivity contribution is 7.89. The van der Waals surface area contributed by atoms with Crippen molar-refractivity contribution in [2.45, 2.75) is 24.0 Å². The molecule has 1 atom stereocenters. The molecule has 1 unspecified atom stereocenters. The molecule has 0 amide bonds. The van der Waals surface area contributed by atoms with Gasteiger partial charge in [-0.2, -0.15) is 17.5 Å². The number of hydrogen-bond donors (Lipinski definition) is 0. The molecule has 10 heteroatoms. The first-order valence-corrected chi connectivity index (χ1v) is 8.06. The third-order valence-corrected chi connectivity index (χ3v) is 5.07. The molecule has 1 aromatic carbocycles. The molecule has 130 valence electrons. The van der Waals surface area contributed by atoms with Crippen LogP contribution in [-0.4, -0.2) is 35.9 Å². The van der Waals surface area contributed by atoms with Gasteiger partial charge in [-0.3, -0.25) is 0 Å². The number of rotatable bonds is 4. The Labute approximate surface area is 136 Å². The summed E-state index contributed by atoms with van der Waals surface area (Å²) in [5, 5.41) is 0. The summed E-state index contributed by atoms with van der Waals surface area (Å²) in [6, 6.07) is 0.994. The molecular weight excluding hydrogens is 350 g/mol. The zero-order chi connectivity index (χ0) is 18.1. The molecule has 0 bridgehead atoms. The lowest BCUT2D eigenvalue weighted by Gasteiger charge is -2.29. The van der Waals surface area contributed by atoms with E-state index in [-0.39, 0.29) is 10.1 Å². The van der Waals surface area contributed by atoms with Gasteiger partial charge in [0.15, 0.2) is 0 Å². The maximum absolute atomic E-state index is 13.4. The van der Waals surface area contributed by atoms with Crippen molar-refractivity contribution in [1.82, 2.24) is 14.3 Å². The summed E-state index contributed by atoms with van der Waals surface area (Å²) >= 11 is 0. The Morgan fingerprint density at radius 3 is 2.04 bits per heavy atom. The second kappa shape index (κ2) is 6.44. The van der Waals surface area contributed by atoms with Crippen LogP contribution in [0.5, 0.6) is 0 Å². The van der Waals surface area contributed by atoms with Crippen molar-refractivity contribution in [1.29, 1.82) is 0 Å². The van der Waals surface area contributed by atoms with Gasteiger partial charge in [0.25, 0.3) is 0 Å². The van der Waals surface area contributed by atoms with Crippen LogP contribution in [0.2, 0.25) is 0 Å². The standard InChI is InChI=1S/C14H13F4N3O2S/c1-9-19-7-12(8-20-9)24(22,23)21(2)13(14(16,17)18)10-3-5-11(15)6-4-10/h3-8,13H,1-2H3. The minimum absolute atomic E-state index is 0.175. The van der Waals surface area contributed by atoms with Crippen LogP contribution in [-0.2, 0) is 10.0 Å². The van der Waals surface area contributed by atoms with Crippen LogP contribution in [0, 0.1) is 12.7 Å². The molecule has 0 saturated heterocycles. The van der Waals surface area contributed by atoms with E-state index in [0.717, 1.165) is 43.7 Å². The molecular formula is C14H13F4N3O2S. The number of hydrogen-bond acceptors (Lipinski definition) is 4. The summed E-state index contributed by atoms with van der Waals surface area (Å²) in [5.41, 5.74) is -0.400. The van der Waals surface area contributed by atoms with Gasteiger partial charge in [0, 0.05) is 7.05 Å². The number of nitrogens with zero attached hydrogens (tertiary/aromatic N) is 3. The lowest BCUT2D eigenvalue weighted by molar-refractivity contribution is -0.171. The Morgan fingerprint density at radius 1 is 1.08 bits per heavy atom. The monoisotopic (exact) mass is 363 g/mol. The molecule has 1 aromatic heterocycles. The molecule has 24 heavy (non-hydrogen) atoms. The van der Waals surface area contributed by atoms with Gasteiger partial charge in [-0.1, -0.05) is 12.1 Å². The molecule has 0 radical (unpaired) electrons. The number of aromatic nitrogens is 2. The van der Waals surface area contributed by atoms with Crippen LogP contribution in [0.25, 0.3) is 0 Å². The van der Waals surface area contributed by atoms with E-state index in [1.807, 2.05) is 0 Å². The number of aryl methyl sites for hydroxylation is 1. The fourth-order valence-corrected chi connectivity index (χ4v) is 3.29. The van der Waals surface area contributed by atoms with Crippen LogP contribution < -0.4 is 0 Å². The van der Waals surface area contributed by atoms with Gasteiger partial charge in [0.1, 0.15) is 22.6 Å². The van der Waals surface area contributed by atoms with Crippen LogP contribution in [0.15, 0.2) is 41.6 Å². The first-order chi connectivity index (χ1) is 11.0. The van der Waals surface area contributed by atoms with Crippen LogP contribution in [0.1, 0.15) is 17.4 Å². The normalized spacial score (nSPS) is 14.0. The molecule has 0 aliphatic heterocycles. The highest BCUT2D eigenvalue weighted by Gasteiger charge is 2.47. The summed E-state index contributed by atoms with van der Waals surface area (Å²) in [4.78, 5) is 6.91. The minimum atomic E-state index is -4.90. The average Bonchev–Trinajstić information content (AvgIpc) is 2.48. The van der Waals surface area contributed by atoms with E-state index in [1.165, 1.54) is 6.92 Å². The Morgan fingerprint density at radius 2 is 1.58 bits per heavy atom. The van der Waals surface area contributed by atoms with Crippen molar-refractivity contribution in [3.63, 3.8) is 0 Å². The predicted octanol–water partition coefficient (Wildman–Crippen LogP) is 2.85. The quantitative estimate of drug-likeness (QED) is 0.784. The molecule has 5 nitrogen and oxygen atoms in total. The molecule has 0 aliphatic rings. The van der Waals surface area contributed by atoms with Gasteiger partial charge >= 0.3 is 6.18 Å². The fourth-order valence-electron chi connectivity index (χ4n) is 2.07. The minimum Gasteiger partial charge on any atom is -0.240 e. The average molecular weight is 363 g/mol. The topological polar surface area (TPSA) is 63.2 Å². The van der Waals surface area contributed by atoms with Crippen molar-refractivity contribution in [2.75, 3.05) is 7.05 Å². The molecule has 1 heterocycles. The number of alkyl halides is 3. The van der Waals surface area contributed by atoms with E-state index in [0.29, 0.717) is 0 Å². The summed E-state index contributed by atoms with van der Waals surface area (Å²) < 4.78 is 78.3. The lowest BCUT2D eigenvalue weighted by atomic mass is 10.1. The first-order valence-electron chi connectivity index (χ1n) is 6.62. The van der Waals surface area contributed by atoms with E-state index >= 15 is 0 Å². The van der Waals surface area contributed by atoms with E-state index in [4.69, 9.17) is 0 Å². The van der Waals surface area contributed by atoms with Crippen molar-refractivity contribution in [3.8, 4) is 0 Å². The van der Waals surface area contributed by atoms with Crippen LogP contribution >= 0.6 is 0 Å². The smallest absolute Gasteiger partial charge is 0.240 e. The number of halogens is 4. The van der Waals surface area contributed by atoms with E-state index in [1.54, 1.807) is 0 Å². The highest BCUT2D eigenvalue weighted by Crippen LogP contribution is 2.39. The SMILES string of the molecule is Cc1ncc(S(=O)(=O)N(C)C(c2ccc(F)cc2)C(F)(F)F)cn1. The second-order valence-electron chi connectivity index (χ2n) is 4.98. The summed E-state index contributed by atoms with van der Waals surface area (Å²) in [7, 11) is -3.70. The molecule has 0 N–H and O–H groups in total. The zero-order valence-corrected chi connectivity index (χ0v) is 13.4. The lowest BCUT2D eigenvalue weighted by Crippen LogP contribution is -2.39. The molecule has 0 fully saturated rings.